The van der Waals surface area contributed by atoms with Gasteiger partial charge >= 0.3 is 19.8 Å². The Morgan fingerprint density at radius 2 is 0.753 bits per heavy atom. The normalized spacial score (nSPS) is 14.2. The van der Waals surface area contributed by atoms with Crippen molar-refractivity contribution in [3.8, 4) is 0 Å². The Hall–Kier alpha value is -4.11. The highest BCUT2D eigenvalue weighted by molar-refractivity contribution is 7.47. The average molecular weight is 1030 g/mol. The van der Waals surface area contributed by atoms with E-state index in [0.717, 1.165) is 109 Å². The van der Waals surface area contributed by atoms with E-state index >= 15 is 0 Å². The number of unbranched alkanes of at least 4 members (excludes halogenated alkanes) is 14. The highest BCUT2D eigenvalue weighted by atomic mass is 31.2. The van der Waals surface area contributed by atoms with Crippen LogP contribution in [-0.4, -0.2) is 49.3 Å². The van der Waals surface area contributed by atoms with Crippen LogP contribution in [0.15, 0.2) is 146 Å². The van der Waals surface area contributed by atoms with Crippen LogP contribution in [-0.2, 0) is 32.7 Å². The average Bonchev–Trinajstić information content (AvgIpc) is 3.38. The van der Waals surface area contributed by atoms with E-state index in [-0.39, 0.29) is 32.6 Å². The zero-order chi connectivity index (χ0) is 53.1. The molecule has 0 saturated carbocycles. The van der Waals surface area contributed by atoms with Crippen LogP contribution in [0, 0.1) is 0 Å². The Labute approximate surface area is 446 Å². The molecule has 0 saturated heterocycles. The smallest absolute Gasteiger partial charge is 0.462 e. The van der Waals surface area contributed by atoms with E-state index in [1.54, 1.807) is 0 Å². The van der Waals surface area contributed by atoms with Crippen molar-refractivity contribution in [2.45, 2.75) is 213 Å². The van der Waals surface area contributed by atoms with E-state index < -0.39 is 32.5 Å². The van der Waals surface area contributed by atoms with Gasteiger partial charge in [-0.2, -0.15) is 0 Å². The third-order valence-electron chi connectivity index (χ3n) is 11.2. The van der Waals surface area contributed by atoms with Crippen LogP contribution in [0.1, 0.15) is 206 Å². The molecule has 3 N–H and O–H groups in total. The Kier molecular flexibility index (Phi) is 54.0. The lowest BCUT2D eigenvalue weighted by Gasteiger charge is -2.19. The number of esters is 2. The first-order chi connectivity index (χ1) is 35.8. The van der Waals surface area contributed by atoms with Crippen molar-refractivity contribution in [2.75, 3.05) is 26.4 Å². The highest BCUT2D eigenvalue weighted by Crippen LogP contribution is 2.43. The molecule has 0 aliphatic carbocycles. The second-order valence-corrected chi connectivity index (χ2v) is 19.5. The Balaban J connectivity index is 4.15. The number of carbonyl (C=O) groups excluding carboxylic acids is 2. The van der Waals surface area contributed by atoms with E-state index in [9.17, 15) is 19.0 Å². The summed E-state index contributed by atoms with van der Waals surface area (Å²) in [6.07, 6.45) is 81.8. The molecule has 0 fully saturated rings. The molecule has 412 valence electrons. The van der Waals surface area contributed by atoms with E-state index in [4.69, 9.17) is 24.3 Å². The van der Waals surface area contributed by atoms with Crippen LogP contribution in [0.2, 0.25) is 0 Å². The monoisotopic (exact) mass is 1030 g/mol. The summed E-state index contributed by atoms with van der Waals surface area (Å²) in [7, 11) is -4.41. The van der Waals surface area contributed by atoms with Gasteiger partial charge in [-0.3, -0.25) is 18.6 Å². The molecule has 0 heterocycles. The van der Waals surface area contributed by atoms with Gasteiger partial charge in [0.2, 0.25) is 0 Å². The fourth-order valence-corrected chi connectivity index (χ4v) is 7.81. The van der Waals surface area contributed by atoms with Crippen molar-refractivity contribution in [1.29, 1.82) is 0 Å². The predicted octanol–water partition coefficient (Wildman–Crippen LogP) is 18.0. The number of hydrogen-bond acceptors (Lipinski definition) is 8. The Morgan fingerprint density at radius 3 is 1.15 bits per heavy atom. The highest BCUT2D eigenvalue weighted by Gasteiger charge is 2.26. The molecule has 0 aromatic rings. The first-order valence-electron chi connectivity index (χ1n) is 28.3. The minimum Gasteiger partial charge on any atom is -0.462 e. The van der Waals surface area contributed by atoms with Crippen LogP contribution in [0.5, 0.6) is 0 Å². The number of phosphoric ester groups is 1. The molecule has 2 unspecified atom stereocenters. The summed E-state index contributed by atoms with van der Waals surface area (Å²) < 4.78 is 32.9. The summed E-state index contributed by atoms with van der Waals surface area (Å²) in [6, 6.07) is 0. The summed E-state index contributed by atoms with van der Waals surface area (Å²) in [5.41, 5.74) is 5.37. The third-order valence-corrected chi connectivity index (χ3v) is 12.2. The van der Waals surface area contributed by atoms with Gasteiger partial charge in [0.15, 0.2) is 6.10 Å². The van der Waals surface area contributed by atoms with Crippen molar-refractivity contribution < 1.29 is 37.6 Å². The van der Waals surface area contributed by atoms with Gasteiger partial charge in [-0.25, -0.2) is 4.57 Å². The van der Waals surface area contributed by atoms with Crippen molar-refractivity contribution in [3.63, 3.8) is 0 Å². The number of allylic oxidation sites excluding steroid dienone is 24. The molecule has 0 bridgehead atoms. The number of carbonyl (C=O) groups is 2. The third kappa shape index (κ3) is 57.0. The largest absolute Gasteiger partial charge is 0.472 e. The van der Waals surface area contributed by atoms with Gasteiger partial charge < -0.3 is 20.1 Å². The second-order valence-electron chi connectivity index (χ2n) is 18.1. The first-order valence-corrected chi connectivity index (χ1v) is 29.8. The minimum atomic E-state index is -4.41. The number of nitrogens with two attached hydrogens (primary N) is 1. The zero-order valence-corrected chi connectivity index (χ0v) is 46.7. The molecule has 0 spiro atoms. The molecule has 2 atom stereocenters. The van der Waals surface area contributed by atoms with Crippen LogP contribution in [0.3, 0.4) is 0 Å². The molecule has 10 heteroatoms. The maximum absolute atomic E-state index is 12.7. The maximum atomic E-state index is 12.7. The fourth-order valence-electron chi connectivity index (χ4n) is 7.04. The second kappa shape index (κ2) is 57.2. The Bertz CT molecular complexity index is 1700. The van der Waals surface area contributed by atoms with Gasteiger partial charge in [-0.15, -0.1) is 0 Å². The lowest BCUT2D eigenvalue weighted by molar-refractivity contribution is -0.161. The molecule has 0 aromatic heterocycles. The van der Waals surface area contributed by atoms with Crippen LogP contribution in [0.25, 0.3) is 0 Å². The molecule has 9 nitrogen and oxygen atoms in total. The van der Waals surface area contributed by atoms with Crippen molar-refractivity contribution in [3.05, 3.63) is 146 Å². The van der Waals surface area contributed by atoms with Crippen molar-refractivity contribution in [2.24, 2.45) is 5.73 Å². The number of rotatable bonds is 51. The van der Waals surface area contributed by atoms with Gasteiger partial charge in [0.1, 0.15) is 6.61 Å². The van der Waals surface area contributed by atoms with Crippen LogP contribution < -0.4 is 5.73 Å². The van der Waals surface area contributed by atoms with Gasteiger partial charge in [0, 0.05) is 19.4 Å². The topological polar surface area (TPSA) is 134 Å². The molecule has 0 aliphatic heterocycles. The van der Waals surface area contributed by atoms with Gasteiger partial charge in [-0.05, 0) is 122 Å². The summed E-state index contributed by atoms with van der Waals surface area (Å²) in [6.45, 7) is 3.53. The molecule has 0 aromatic carbocycles. The predicted molar refractivity (Wildman–Crippen MR) is 311 cm³/mol. The summed E-state index contributed by atoms with van der Waals surface area (Å²) in [5, 5.41) is 0. The molecule has 73 heavy (non-hydrogen) atoms. The van der Waals surface area contributed by atoms with Crippen LogP contribution in [0.4, 0.5) is 0 Å². The van der Waals surface area contributed by atoms with Gasteiger partial charge in [0.05, 0.1) is 13.2 Å². The quantitative estimate of drug-likeness (QED) is 0.0264. The molecule has 0 aliphatic rings. The van der Waals surface area contributed by atoms with Crippen molar-refractivity contribution >= 4 is 19.8 Å². The lowest BCUT2D eigenvalue weighted by Crippen LogP contribution is -2.29. The zero-order valence-electron chi connectivity index (χ0n) is 45.8. The summed E-state index contributed by atoms with van der Waals surface area (Å²) >= 11 is 0. The van der Waals surface area contributed by atoms with Gasteiger partial charge in [0.25, 0.3) is 0 Å². The molecule has 0 rings (SSSR count). The first kappa shape index (κ1) is 68.9. The van der Waals surface area contributed by atoms with E-state index in [1.165, 1.54) is 57.8 Å². The molecular formula is C63H102NO8P. The lowest BCUT2D eigenvalue weighted by atomic mass is 10.1. The number of hydrogen-bond donors (Lipinski definition) is 2. The van der Waals surface area contributed by atoms with E-state index in [2.05, 4.69) is 160 Å². The molecular weight excluding hydrogens is 930 g/mol. The Morgan fingerprint density at radius 1 is 0.425 bits per heavy atom. The minimum absolute atomic E-state index is 0.0373. The fraction of sp³-hybridized carbons (Fsp3) is 0.587. The van der Waals surface area contributed by atoms with E-state index in [0.29, 0.717) is 12.8 Å². The SMILES string of the molecule is CC/C=C\C/C=C\C/C=C\C/C=C\C/C=C\C/C=C\C/C=C\C/C=C\C/C=C\C/C=C\CCCCC(=O)OC(COC(=O)CCCCCCCCCCC/C=C\C/C=C\CCCCC)COP(=O)(O)OCCN. The van der Waals surface area contributed by atoms with Crippen molar-refractivity contribution in [1.82, 2.24) is 0 Å². The van der Waals surface area contributed by atoms with Gasteiger partial charge in [-0.1, -0.05) is 217 Å². The molecule has 0 radical (unpaired) electrons. The standard InChI is InChI=1S/C63H102NO8P/c1-3-5-7-9-11-13-15-17-19-21-23-24-25-26-27-28-29-30-31-32-33-34-35-36-38-40-42-44-46-48-50-52-54-56-63(66)72-61(60-71-73(67,68)70-58-57-64)59-69-62(65)55-53-51-49-47-45-43-41-39-37-22-20-18-16-14-12-10-8-6-4-2/h5,7,11-14,17-20,23-24,26-27,29-30,32-33,35-36,40,42,46,48,61H,3-4,6,8-10,15-16,21-22,25,28,31,34,37-39,41,43-45,47,49-60,64H2,1-2H3,(H,67,68)/b7-5-,13-11-,14-12-,19-17-,20-18-,24-23-,27-26-,30-29-,33-32-,36-35-,42-40-,48-46-. The van der Waals surface area contributed by atoms with E-state index in [1.807, 2.05) is 0 Å². The molecule has 0 amide bonds. The number of ether oxygens (including phenoxy) is 2. The van der Waals surface area contributed by atoms with Crippen LogP contribution >= 0.6 is 7.82 Å². The summed E-state index contributed by atoms with van der Waals surface area (Å²) in [4.78, 5) is 35.1. The summed E-state index contributed by atoms with van der Waals surface area (Å²) in [5.74, 6) is -0.895. The number of phosphoric acid groups is 1. The maximum Gasteiger partial charge on any atom is 0.472 e.